The predicted octanol–water partition coefficient (Wildman–Crippen LogP) is 2.10. The first-order chi connectivity index (χ1) is 7.72. The zero-order chi connectivity index (χ0) is 11.9. The largest absolute Gasteiger partial charge is 0.380 e. The van der Waals surface area contributed by atoms with Crippen LogP contribution in [0.4, 0.5) is 0 Å². The van der Waals surface area contributed by atoms with Gasteiger partial charge in [0.1, 0.15) is 6.29 Å². The Kier molecular flexibility index (Phi) is 5.99. The summed E-state index contributed by atoms with van der Waals surface area (Å²) in [6.45, 7) is 5.36. The fraction of sp³-hybridized carbons (Fsp3) is 0.923. The number of carbonyl (C=O) groups excluding carboxylic acids is 1. The summed E-state index contributed by atoms with van der Waals surface area (Å²) in [5.74, 6) is 0. The van der Waals surface area contributed by atoms with Crippen LogP contribution < -0.4 is 0 Å². The first-order valence-corrected chi connectivity index (χ1v) is 6.45. The van der Waals surface area contributed by atoms with Gasteiger partial charge >= 0.3 is 0 Å². The molecule has 1 fully saturated rings. The molecule has 3 heteroatoms. The van der Waals surface area contributed by atoms with Crippen molar-refractivity contribution < 1.29 is 9.53 Å². The van der Waals surface area contributed by atoms with Gasteiger partial charge in [0, 0.05) is 25.1 Å². The van der Waals surface area contributed by atoms with Crippen LogP contribution in [0, 0.1) is 5.41 Å². The molecular weight excluding hydrogens is 202 g/mol. The van der Waals surface area contributed by atoms with E-state index in [-0.39, 0.29) is 5.41 Å². The second-order valence-electron chi connectivity index (χ2n) is 4.98. The number of aldehydes is 1. The van der Waals surface area contributed by atoms with Gasteiger partial charge in [-0.1, -0.05) is 19.3 Å². The van der Waals surface area contributed by atoms with Crippen LogP contribution >= 0.6 is 0 Å². The summed E-state index contributed by atoms with van der Waals surface area (Å²) in [5.41, 5.74) is -0.0702. The fourth-order valence-electron chi connectivity index (χ4n) is 2.55. The van der Waals surface area contributed by atoms with Crippen molar-refractivity contribution in [1.29, 1.82) is 0 Å². The second kappa shape index (κ2) is 7.02. The van der Waals surface area contributed by atoms with Crippen molar-refractivity contribution in [3.05, 3.63) is 0 Å². The molecule has 0 aliphatic heterocycles. The zero-order valence-corrected chi connectivity index (χ0v) is 10.7. The van der Waals surface area contributed by atoms with Gasteiger partial charge in [-0.2, -0.15) is 0 Å². The Hall–Kier alpha value is -0.410. The summed E-state index contributed by atoms with van der Waals surface area (Å²) in [5, 5.41) is 0. The lowest BCUT2D eigenvalue weighted by Gasteiger charge is -2.35. The van der Waals surface area contributed by atoms with E-state index in [1.807, 2.05) is 6.92 Å². The normalized spacial score (nSPS) is 19.9. The smallest absolute Gasteiger partial charge is 0.127 e. The number of carbonyl (C=O) groups is 1. The van der Waals surface area contributed by atoms with Crippen molar-refractivity contribution in [2.75, 3.05) is 33.4 Å². The second-order valence-corrected chi connectivity index (χ2v) is 4.98. The van der Waals surface area contributed by atoms with Crippen molar-refractivity contribution in [2.45, 2.75) is 39.0 Å². The molecule has 16 heavy (non-hydrogen) atoms. The molecule has 3 nitrogen and oxygen atoms in total. The van der Waals surface area contributed by atoms with Gasteiger partial charge in [0.25, 0.3) is 0 Å². The van der Waals surface area contributed by atoms with E-state index in [2.05, 4.69) is 11.9 Å². The monoisotopic (exact) mass is 227 g/mol. The molecule has 0 aromatic carbocycles. The number of nitrogens with zero attached hydrogens (tertiary/aromatic N) is 1. The third-order valence-corrected chi connectivity index (χ3v) is 3.51. The first kappa shape index (κ1) is 13.7. The summed E-state index contributed by atoms with van der Waals surface area (Å²) in [7, 11) is 2.08. The predicted molar refractivity (Wildman–Crippen MR) is 65.6 cm³/mol. The van der Waals surface area contributed by atoms with E-state index in [0.717, 1.165) is 39.1 Å². The van der Waals surface area contributed by atoms with Gasteiger partial charge < -0.3 is 14.4 Å². The fourth-order valence-corrected chi connectivity index (χ4v) is 2.55. The molecule has 0 N–H and O–H groups in total. The molecule has 0 radical (unpaired) electrons. The number of rotatable bonds is 7. The molecule has 0 unspecified atom stereocenters. The van der Waals surface area contributed by atoms with Gasteiger partial charge in [-0.25, -0.2) is 0 Å². The molecule has 0 aromatic heterocycles. The average Bonchev–Trinajstić information content (AvgIpc) is 2.30. The summed E-state index contributed by atoms with van der Waals surface area (Å²) >= 11 is 0. The minimum absolute atomic E-state index is 0.0702. The van der Waals surface area contributed by atoms with Crippen LogP contribution in [0.1, 0.15) is 39.0 Å². The zero-order valence-electron chi connectivity index (χ0n) is 10.7. The maximum absolute atomic E-state index is 11.3. The first-order valence-electron chi connectivity index (χ1n) is 6.45. The van der Waals surface area contributed by atoms with Crippen LogP contribution in [-0.4, -0.2) is 44.5 Å². The highest BCUT2D eigenvalue weighted by atomic mass is 16.5. The van der Waals surface area contributed by atoms with Gasteiger partial charge in [0.15, 0.2) is 0 Å². The Morgan fingerprint density at radius 3 is 2.56 bits per heavy atom. The standard InChI is InChI=1S/C13H25NO2/c1-3-16-10-9-14(2)11-13(12-15)7-5-4-6-8-13/h12H,3-11H2,1-2H3. The van der Waals surface area contributed by atoms with E-state index in [0.29, 0.717) is 0 Å². The average molecular weight is 227 g/mol. The van der Waals surface area contributed by atoms with Crippen molar-refractivity contribution >= 4 is 6.29 Å². The third kappa shape index (κ3) is 4.22. The molecule has 0 amide bonds. The quantitative estimate of drug-likeness (QED) is 0.493. The number of ether oxygens (including phenoxy) is 1. The molecule has 1 aliphatic rings. The Morgan fingerprint density at radius 1 is 1.31 bits per heavy atom. The van der Waals surface area contributed by atoms with Gasteiger partial charge in [-0.15, -0.1) is 0 Å². The summed E-state index contributed by atoms with van der Waals surface area (Å²) < 4.78 is 5.33. The number of likely N-dealkylation sites (N-methyl/N-ethyl adjacent to an activating group) is 1. The van der Waals surface area contributed by atoms with Crippen LogP contribution in [0.5, 0.6) is 0 Å². The third-order valence-electron chi connectivity index (χ3n) is 3.51. The summed E-state index contributed by atoms with van der Waals surface area (Å²) in [6, 6.07) is 0. The Morgan fingerprint density at radius 2 is 2.00 bits per heavy atom. The maximum Gasteiger partial charge on any atom is 0.127 e. The topological polar surface area (TPSA) is 29.5 Å². The van der Waals surface area contributed by atoms with Crippen LogP contribution in [-0.2, 0) is 9.53 Å². The minimum Gasteiger partial charge on any atom is -0.380 e. The summed E-state index contributed by atoms with van der Waals surface area (Å²) in [6.07, 6.45) is 7.03. The van der Waals surface area contributed by atoms with Crippen LogP contribution in [0.25, 0.3) is 0 Å². The molecule has 0 aromatic rings. The molecule has 0 atom stereocenters. The molecule has 0 bridgehead atoms. The molecule has 0 spiro atoms. The highest BCUT2D eigenvalue weighted by molar-refractivity contribution is 5.60. The number of hydrogen-bond donors (Lipinski definition) is 0. The van der Waals surface area contributed by atoms with Crippen LogP contribution in [0.15, 0.2) is 0 Å². The molecule has 1 rings (SSSR count). The molecule has 94 valence electrons. The van der Waals surface area contributed by atoms with E-state index in [1.54, 1.807) is 0 Å². The highest BCUT2D eigenvalue weighted by Gasteiger charge is 2.32. The minimum atomic E-state index is -0.0702. The van der Waals surface area contributed by atoms with Crippen molar-refractivity contribution in [1.82, 2.24) is 4.90 Å². The Labute approximate surface area is 99.1 Å². The maximum atomic E-state index is 11.3. The lowest BCUT2D eigenvalue weighted by molar-refractivity contribution is -0.119. The molecule has 0 saturated heterocycles. The van der Waals surface area contributed by atoms with Crippen LogP contribution in [0.2, 0.25) is 0 Å². The van der Waals surface area contributed by atoms with Crippen molar-refractivity contribution in [3.63, 3.8) is 0 Å². The van der Waals surface area contributed by atoms with E-state index in [1.165, 1.54) is 25.5 Å². The van der Waals surface area contributed by atoms with Gasteiger partial charge in [0.2, 0.25) is 0 Å². The molecule has 1 saturated carbocycles. The lowest BCUT2D eigenvalue weighted by Crippen LogP contribution is -2.39. The Balaban J connectivity index is 2.33. The van der Waals surface area contributed by atoms with E-state index >= 15 is 0 Å². The molecular formula is C13H25NO2. The lowest BCUT2D eigenvalue weighted by atomic mass is 9.75. The van der Waals surface area contributed by atoms with E-state index in [4.69, 9.17) is 4.74 Å². The van der Waals surface area contributed by atoms with E-state index in [9.17, 15) is 4.79 Å². The van der Waals surface area contributed by atoms with Gasteiger partial charge in [0.05, 0.1) is 6.61 Å². The van der Waals surface area contributed by atoms with Gasteiger partial charge in [-0.05, 0) is 26.8 Å². The highest BCUT2D eigenvalue weighted by Crippen LogP contribution is 2.34. The molecule has 1 aliphatic carbocycles. The van der Waals surface area contributed by atoms with Crippen LogP contribution in [0.3, 0.4) is 0 Å². The summed E-state index contributed by atoms with van der Waals surface area (Å²) in [4.78, 5) is 13.5. The molecule has 0 heterocycles. The SMILES string of the molecule is CCOCCN(C)CC1(C=O)CCCCC1. The van der Waals surface area contributed by atoms with Crippen molar-refractivity contribution in [2.24, 2.45) is 5.41 Å². The van der Waals surface area contributed by atoms with Gasteiger partial charge in [-0.3, -0.25) is 0 Å². The van der Waals surface area contributed by atoms with Crippen molar-refractivity contribution in [3.8, 4) is 0 Å². The Bertz CT molecular complexity index is 200. The number of hydrogen-bond acceptors (Lipinski definition) is 3. The van der Waals surface area contributed by atoms with E-state index < -0.39 is 0 Å².